The van der Waals surface area contributed by atoms with Crippen LogP contribution in [0.3, 0.4) is 0 Å². The summed E-state index contributed by atoms with van der Waals surface area (Å²) in [6, 6.07) is 6.77. The molecule has 19 heavy (non-hydrogen) atoms. The van der Waals surface area contributed by atoms with Crippen LogP contribution in [-0.2, 0) is 6.42 Å². The molecule has 2 aromatic rings. The minimum absolute atomic E-state index is 0.289. The van der Waals surface area contributed by atoms with Crippen LogP contribution in [0.5, 0.6) is 0 Å². The van der Waals surface area contributed by atoms with Crippen LogP contribution in [0, 0.1) is 11.6 Å². The highest BCUT2D eigenvalue weighted by Crippen LogP contribution is 2.20. The lowest BCUT2D eigenvalue weighted by Gasteiger charge is -2.16. The number of pyridine rings is 1. The second kappa shape index (κ2) is 6.18. The summed E-state index contributed by atoms with van der Waals surface area (Å²) in [5.41, 5.74) is 3.66. The van der Waals surface area contributed by atoms with Crippen molar-refractivity contribution in [1.82, 2.24) is 10.4 Å². The Balaban J connectivity index is 2.21. The van der Waals surface area contributed by atoms with Crippen LogP contribution in [0.2, 0.25) is 0 Å². The third kappa shape index (κ3) is 3.56. The SMILES string of the molecule is NNC(Cc1ccc(F)cc1F)c1ccc(Br)cn1. The monoisotopic (exact) mass is 327 g/mol. The van der Waals surface area contributed by atoms with Gasteiger partial charge in [-0.1, -0.05) is 6.07 Å². The number of hydrogen-bond acceptors (Lipinski definition) is 3. The van der Waals surface area contributed by atoms with Crippen molar-refractivity contribution in [2.45, 2.75) is 12.5 Å². The molecule has 1 aromatic heterocycles. The Morgan fingerprint density at radius 3 is 2.63 bits per heavy atom. The van der Waals surface area contributed by atoms with E-state index >= 15 is 0 Å². The lowest BCUT2D eigenvalue weighted by atomic mass is 10.0. The Labute approximate surface area is 117 Å². The Morgan fingerprint density at radius 2 is 2.05 bits per heavy atom. The molecule has 0 radical (unpaired) electrons. The van der Waals surface area contributed by atoms with E-state index in [9.17, 15) is 8.78 Å². The maximum Gasteiger partial charge on any atom is 0.129 e. The van der Waals surface area contributed by atoms with E-state index in [1.807, 2.05) is 6.07 Å². The van der Waals surface area contributed by atoms with Gasteiger partial charge >= 0.3 is 0 Å². The van der Waals surface area contributed by atoms with Gasteiger partial charge in [-0.25, -0.2) is 8.78 Å². The molecule has 0 fully saturated rings. The smallest absolute Gasteiger partial charge is 0.129 e. The van der Waals surface area contributed by atoms with Gasteiger partial charge in [-0.05, 0) is 46.1 Å². The van der Waals surface area contributed by atoms with E-state index in [0.29, 0.717) is 11.3 Å². The van der Waals surface area contributed by atoms with Gasteiger partial charge in [-0.15, -0.1) is 0 Å². The van der Waals surface area contributed by atoms with Crippen LogP contribution in [0.15, 0.2) is 41.0 Å². The molecular weight excluding hydrogens is 316 g/mol. The summed E-state index contributed by atoms with van der Waals surface area (Å²) in [6.07, 6.45) is 1.93. The van der Waals surface area contributed by atoms with Crippen LogP contribution in [0.4, 0.5) is 8.78 Å². The summed E-state index contributed by atoms with van der Waals surface area (Å²) in [6.45, 7) is 0. The van der Waals surface area contributed by atoms with Gasteiger partial charge in [0, 0.05) is 16.7 Å². The van der Waals surface area contributed by atoms with Gasteiger partial charge in [0.1, 0.15) is 11.6 Å². The first kappa shape index (κ1) is 14.0. The van der Waals surface area contributed by atoms with E-state index in [0.717, 1.165) is 10.5 Å². The first-order valence-corrected chi connectivity index (χ1v) is 6.41. The molecule has 0 bridgehead atoms. The van der Waals surface area contributed by atoms with Crippen molar-refractivity contribution in [3.05, 3.63) is 63.9 Å². The standard InChI is InChI=1S/C13H12BrF2N3/c14-9-2-4-12(18-7-9)13(19-17)5-8-1-3-10(15)6-11(8)16/h1-4,6-7,13,19H,5,17H2. The fraction of sp³-hybridized carbons (Fsp3) is 0.154. The summed E-state index contributed by atoms with van der Waals surface area (Å²) >= 11 is 3.29. The minimum atomic E-state index is -0.597. The molecule has 100 valence electrons. The molecular formula is C13H12BrF2N3. The minimum Gasteiger partial charge on any atom is -0.271 e. The Kier molecular flexibility index (Phi) is 4.57. The van der Waals surface area contributed by atoms with Crippen molar-refractivity contribution in [1.29, 1.82) is 0 Å². The molecule has 0 aliphatic carbocycles. The summed E-state index contributed by atoms with van der Waals surface area (Å²) in [5.74, 6) is 4.29. The third-order valence-corrected chi connectivity index (χ3v) is 3.22. The molecule has 0 saturated carbocycles. The van der Waals surface area contributed by atoms with Crippen LogP contribution in [0.25, 0.3) is 0 Å². The summed E-state index contributed by atoms with van der Waals surface area (Å²) < 4.78 is 27.3. The quantitative estimate of drug-likeness (QED) is 0.670. The summed E-state index contributed by atoms with van der Waals surface area (Å²) in [5, 5.41) is 0. The number of nitrogens with one attached hydrogen (secondary N) is 1. The van der Waals surface area contributed by atoms with Crippen molar-refractivity contribution in [2.75, 3.05) is 0 Å². The molecule has 1 atom stereocenters. The molecule has 1 aromatic carbocycles. The molecule has 0 aliphatic rings. The third-order valence-electron chi connectivity index (χ3n) is 2.75. The number of hydrazine groups is 1. The molecule has 0 saturated heterocycles. The fourth-order valence-corrected chi connectivity index (χ4v) is 1.98. The van der Waals surface area contributed by atoms with E-state index in [2.05, 4.69) is 26.3 Å². The maximum absolute atomic E-state index is 13.6. The van der Waals surface area contributed by atoms with Gasteiger partial charge in [-0.3, -0.25) is 16.3 Å². The van der Waals surface area contributed by atoms with Crippen molar-refractivity contribution < 1.29 is 8.78 Å². The number of benzene rings is 1. The van der Waals surface area contributed by atoms with Gasteiger partial charge in [0.25, 0.3) is 0 Å². The Bertz CT molecular complexity index is 560. The number of rotatable bonds is 4. The average molecular weight is 328 g/mol. The predicted molar refractivity (Wildman–Crippen MR) is 72.1 cm³/mol. The first-order chi connectivity index (χ1) is 9.10. The van der Waals surface area contributed by atoms with Crippen LogP contribution in [-0.4, -0.2) is 4.98 Å². The van der Waals surface area contributed by atoms with Crippen molar-refractivity contribution >= 4 is 15.9 Å². The lowest BCUT2D eigenvalue weighted by Crippen LogP contribution is -2.30. The molecule has 2 rings (SSSR count). The molecule has 0 amide bonds. The maximum atomic E-state index is 13.6. The normalized spacial score (nSPS) is 12.4. The van der Waals surface area contributed by atoms with Crippen molar-refractivity contribution in [3.8, 4) is 0 Å². The topological polar surface area (TPSA) is 50.9 Å². The van der Waals surface area contributed by atoms with Crippen LogP contribution in [0.1, 0.15) is 17.3 Å². The van der Waals surface area contributed by atoms with Gasteiger partial charge < -0.3 is 0 Å². The van der Waals surface area contributed by atoms with Crippen LogP contribution >= 0.6 is 15.9 Å². The first-order valence-electron chi connectivity index (χ1n) is 5.61. The van der Waals surface area contributed by atoms with E-state index in [1.165, 1.54) is 12.1 Å². The largest absolute Gasteiger partial charge is 0.271 e. The summed E-state index contributed by atoms with van der Waals surface area (Å²) in [7, 11) is 0. The van der Waals surface area contributed by atoms with E-state index < -0.39 is 11.6 Å². The van der Waals surface area contributed by atoms with Gasteiger partial charge in [0.05, 0.1) is 11.7 Å². The second-order valence-corrected chi connectivity index (χ2v) is 4.98. The lowest BCUT2D eigenvalue weighted by molar-refractivity contribution is 0.513. The van der Waals surface area contributed by atoms with Crippen LogP contribution < -0.4 is 11.3 Å². The zero-order chi connectivity index (χ0) is 13.8. The second-order valence-electron chi connectivity index (χ2n) is 4.06. The van der Waals surface area contributed by atoms with E-state index in [4.69, 9.17) is 5.84 Å². The molecule has 0 spiro atoms. The van der Waals surface area contributed by atoms with Gasteiger partial charge in [0.2, 0.25) is 0 Å². The van der Waals surface area contributed by atoms with Crippen molar-refractivity contribution in [2.24, 2.45) is 5.84 Å². The molecule has 0 aliphatic heterocycles. The van der Waals surface area contributed by atoms with Crippen molar-refractivity contribution in [3.63, 3.8) is 0 Å². The number of nitrogens with two attached hydrogens (primary N) is 1. The zero-order valence-electron chi connectivity index (χ0n) is 9.91. The van der Waals surface area contributed by atoms with Gasteiger partial charge in [0.15, 0.2) is 0 Å². The highest BCUT2D eigenvalue weighted by molar-refractivity contribution is 9.10. The Morgan fingerprint density at radius 1 is 1.26 bits per heavy atom. The van der Waals surface area contributed by atoms with E-state index in [1.54, 1.807) is 12.3 Å². The number of hydrogen-bond donors (Lipinski definition) is 2. The zero-order valence-corrected chi connectivity index (χ0v) is 11.5. The molecule has 6 heteroatoms. The summed E-state index contributed by atoms with van der Waals surface area (Å²) in [4.78, 5) is 4.21. The molecule has 1 heterocycles. The van der Waals surface area contributed by atoms with E-state index in [-0.39, 0.29) is 12.5 Å². The average Bonchev–Trinajstić information content (AvgIpc) is 2.39. The highest BCUT2D eigenvalue weighted by Gasteiger charge is 2.14. The highest BCUT2D eigenvalue weighted by atomic mass is 79.9. The number of nitrogens with zero attached hydrogens (tertiary/aromatic N) is 1. The molecule has 3 nitrogen and oxygen atoms in total. The Hall–Kier alpha value is -1.37. The number of halogens is 3. The number of aromatic nitrogens is 1. The predicted octanol–water partition coefficient (Wildman–Crippen LogP) is 2.87. The molecule has 1 unspecified atom stereocenters. The van der Waals surface area contributed by atoms with Gasteiger partial charge in [-0.2, -0.15) is 0 Å². The fourth-order valence-electron chi connectivity index (χ4n) is 1.75. The molecule has 3 N–H and O–H groups in total.